The minimum atomic E-state index is -0.490. The summed E-state index contributed by atoms with van der Waals surface area (Å²) in [5.74, 6) is 0. The van der Waals surface area contributed by atoms with E-state index in [9.17, 15) is 10.1 Å². The molecule has 0 fully saturated rings. The Balaban J connectivity index is 2.84. The van der Waals surface area contributed by atoms with Gasteiger partial charge in [-0.1, -0.05) is 5.73 Å². The molecule has 51 valence electrons. The van der Waals surface area contributed by atoms with Gasteiger partial charge in [0.05, 0.1) is 5.70 Å². The van der Waals surface area contributed by atoms with Crippen LogP contribution in [0.4, 0.5) is 0 Å². The molecule has 0 aromatic rings. The van der Waals surface area contributed by atoms with Crippen molar-refractivity contribution >= 4 is 0 Å². The average Bonchev–Trinajstić information content (AvgIpc) is 1.88. The fourth-order valence-electron chi connectivity index (χ4n) is 0.542. The highest BCUT2D eigenvalue weighted by Gasteiger charge is 2.16. The topological polar surface area (TPSA) is 69.2 Å². The van der Waals surface area contributed by atoms with Crippen LogP contribution >= 0.6 is 0 Å². The average molecular weight is 137 g/mol. The third-order valence-corrected chi connectivity index (χ3v) is 1.03. The summed E-state index contributed by atoms with van der Waals surface area (Å²) in [5, 5.41) is 10.1. The molecule has 10 heavy (non-hydrogen) atoms. The summed E-state index contributed by atoms with van der Waals surface area (Å²) in [6, 6.07) is 0.00852. The summed E-state index contributed by atoms with van der Waals surface area (Å²) >= 11 is 0. The van der Waals surface area contributed by atoms with Gasteiger partial charge in [-0.15, -0.1) is 0 Å². The summed E-state index contributed by atoms with van der Waals surface area (Å²) in [4.78, 5) is 9.57. The first kappa shape index (κ1) is 6.58. The van der Waals surface area contributed by atoms with E-state index in [-0.39, 0.29) is 6.04 Å². The minimum Gasteiger partial charge on any atom is -0.392 e. The highest BCUT2D eigenvalue weighted by Crippen LogP contribution is 2.08. The van der Waals surface area contributed by atoms with Crippen LogP contribution in [0.5, 0.6) is 0 Å². The molecule has 1 aliphatic rings. The first-order valence-electron chi connectivity index (χ1n) is 2.62. The van der Waals surface area contributed by atoms with Gasteiger partial charge >= 0.3 is 6.04 Å². The lowest BCUT2D eigenvalue weighted by molar-refractivity contribution is -0.448. The van der Waals surface area contributed by atoms with Crippen molar-refractivity contribution in [3.05, 3.63) is 45.8 Å². The maximum atomic E-state index is 10.1. The molecule has 0 saturated heterocycles. The van der Waals surface area contributed by atoms with E-state index >= 15 is 0 Å². The Kier molecular flexibility index (Phi) is 1.56. The third-order valence-electron chi connectivity index (χ3n) is 1.03. The van der Waals surface area contributed by atoms with Crippen LogP contribution in [0.1, 0.15) is 0 Å². The number of hydrogen-bond donors (Lipinski definition) is 1. The fraction of sp³-hybridized carbons (Fsp3) is 0. The molecule has 0 heterocycles. The van der Waals surface area contributed by atoms with Gasteiger partial charge in [0.15, 0.2) is 0 Å². The van der Waals surface area contributed by atoms with Crippen molar-refractivity contribution in [3.8, 4) is 0 Å². The Hall–Kier alpha value is -1.54. The van der Waals surface area contributed by atoms with E-state index in [4.69, 9.17) is 5.73 Å². The van der Waals surface area contributed by atoms with Crippen LogP contribution < -0.4 is 5.73 Å². The summed E-state index contributed by atoms with van der Waals surface area (Å²) < 4.78 is 0. The van der Waals surface area contributed by atoms with Crippen molar-refractivity contribution < 1.29 is 4.92 Å². The number of nitro groups is 1. The van der Waals surface area contributed by atoms with Crippen LogP contribution in [0.2, 0.25) is 0 Å². The van der Waals surface area contributed by atoms with E-state index in [2.05, 4.69) is 5.73 Å². The van der Waals surface area contributed by atoms with E-state index in [1.165, 1.54) is 18.2 Å². The van der Waals surface area contributed by atoms with Crippen molar-refractivity contribution in [2.45, 2.75) is 0 Å². The maximum absolute atomic E-state index is 10.1. The predicted molar refractivity (Wildman–Crippen MR) is 35.2 cm³/mol. The predicted octanol–water partition coefficient (Wildman–Crippen LogP) is 0.363. The van der Waals surface area contributed by atoms with Gasteiger partial charge in [0.25, 0.3) is 0 Å². The normalized spacial score (nSPS) is 17.0. The number of nitrogens with zero attached hydrogens (tertiary/aromatic N) is 1. The maximum Gasteiger partial charge on any atom is 0.342 e. The lowest BCUT2D eigenvalue weighted by atomic mass is 10.2. The molecule has 0 aliphatic heterocycles. The van der Waals surface area contributed by atoms with Crippen molar-refractivity contribution in [3.63, 3.8) is 0 Å². The second-order valence-electron chi connectivity index (χ2n) is 1.76. The van der Waals surface area contributed by atoms with Crippen LogP contribution in [0.3, 0.4) is 0 Å². The van der Waals surface area contributed by atoms with E-state index < -0.39 is 4.92 Å². The first-order chi connectivity index (χ1) is 4.70. The lowest BCUT2D eigenvalue weighted by Gasteiger charge is -1.96. The Bertz CT molecular complexity index is 248. The molecule has 0 amide bonds. The largest absolute Gasteiger partial charge is 0.392 e. The summed E-state index contributed by atoms with van der Waals surface area (Å²) in [6.07, 6.45) is 4.03. The molecule has 0 spiro atoms. The molecule has 0 atom stereocenters. The molecule has 0 bridgehead atoms. The quantitative estimate of drug-likeness (QED) is 0.322. The van der Waals surface area contributed by atoms with E-state index in [0.717, 1.165) is 0 Å². The monoisotopic (exact) mass is 137 g/mol. The van der Waals surface area contributed by atoms with Crippen LogP contribution in [-0.2, 0) is 0 Å². The van der Waals surface area contributed by atoms with Crippen molar-refractivity contribution in [2.24, 2.45) is 5.73 Å². The van der Waals surface area contributed by atoms with Gasteiger partial charge in [0, 0.05) is 17.1 Å². The molecule has 4 heteroatoms. The van der Waals surface area contributed by atoms with Gasteiger partial charge in [0.1, 0.15) is 0 Å². The fourth-order valence-corrected chi connectivity index (χ4v) is 0.542. The molecule has 0 saturated carbocycles. The number of nitrogens with two attached hydrogens (primary N) is 1. The van der Waals surface area contributed by atoms with Crippen LogP contribution in [-0.4, -0.2) is 4.92 Å². The van der Waals surface area contributed by atoms with E-state index in [1.807, 2.05) is 0 Å². The van der Waals surface area contributed by atoms with E-state index in [0.29, 0.717) is 5.70 Å². The molecule has 1 aliphatic carbocycles. The Labute approximate surface area is 57.5 Å². The molecule has 0 aromatic heterocycles. The summed E-state index contributed by atoms with van der Waals surface area (Å²) in [7, 11) is 0. The summed E-state index contributed by atoms with van der Waals surface area (Å²) in [5.41, 5.74) is 8.17. The molecular formula is C6H5N2O2. The van der Waals surface area contributed by atoms with Crippen LogP contribution in [0.25, 0.3) is 0 Å². The van der Waals surface area contributed by atoms with Crippen molar-refractivity contribution in [2.75, 3.05) is 0 Å². The van der Waals surface area contributed by atoms with Gasteiger partial charge in [-0.25, -0.2) is 0 Å². The number of rotatable bonds is 1. The van der Waals surface area contributed by atoms with Gasteiger partial charge in [-0.2, -0.15) is 0 Å². The van der Waals surface area contributed by atoms with Crippen molar-refractivity contribution in [1.29, 1.82) is 0 Å². The SMILES string of the molecule is NC1=C=C[C]([N+](=O)[O-])C=C1. The smallest absolute Gasteiger partial charge is 0.342 e. The van der Waals surface area contributed by atoms with Gasteiger partial charge < -0.3 is 5.73 Å². The van der Waals surface area contributed by atoms with Crippen LogP contribution in [0.15, 0.2) is 29.7 Å². The molecule has 1 radical (unpaired) electrons. The highest BCUT2D eigenvalue weighted by molar-refractivity contribution is 5.29. The van der Waals surface area contributed by atoms with Crippen molar-refractivity contribution in [1.82, 2.24) is 0 Å². The second-order valence-corrected chi connectivity index (χ2v) is 1.76. The summed E-state index contributed by atoms with van der Waals surface area (Å²) in [6.45, 7) is 0. The van der Waals surface area contributed by atoms with Gasteiger partial charge in [-0.05, 0) is 6.08 Å². The second kappa shape index (κ2) is 2.37. The molecule has 0 aromatic carbocycles. The van der Waals surface area contributed by atoms with Gasteiger partial charge in [0.2, 0.25) is 0 Å². The Morgan fingerprint density at radius 3 is 2.70 bits per heavy atom. The Morgan fingerprint density at radius 2 is 2.30 bits per heavy atom. The third kappa shape index (κ3) is 1.24. The zero-order chi connectivity index (χ0) is 7.56. The standard InChI is InChI=1S/C6H5N2O2/c7-5-1-3-6(4-2-5)8(9)10/h1,3-4H,7H2. The molecular weight excluding hydrogens is 132 g/mol. The zero-order valence-electron chi connectivity index (χ0n) is 5.07. The first-order valence-corrected chi connectivity index (χ1v) is 2.62. The van der Waals surface area contributed by atoms with E-state index in [1.54, 1.807) is 0 Å². The zero-order valence-corrected chi connectivity index (χ0v) is 5.07. The minimum absolute atomic E-state index is 0.00852. The van der Waals surface area contributed by atoms with Crippen LogP contribution in [0, 0.1) is 16.2 Å². The van der Waals surface area contributed by atoms with Gasteiger partial charge in [-0.3, -0.25) is 10.1 Å². The molecule has 0 unspecified atom stereocenters. The number of hydrogen-bond acceptors (Lipinski definition) is 3. The highest BCUT2D eigenvalue weighted by atomic mass is 16.6. The molecule has 2 N–H and O–H groups in total. The Morgan fingerprint density at radius 1 is 1.60 bits per heavy atom. The lowest BCUT2D eigenvalue weighted by Crippen LogP contribution is -2.06. The molecule has 1 rings (SSSR count). The molecule has 4 nitrogen and oxygen atoms in total.